The number of esters is 1. The Morgan fingerprint density at radius 3 is 2.17 bits per heavy atom. The summed E-state index contributed by atoms with van der Waals surface area (Å²) < 4.78 is 5.21. The summed E-state index contributed by atoms with van der Waals surface area (Å²) in [6.45, 7) is 6.75. The molecule has 0 aliphatic carbocycles. The number of hydrogen-bond acceptors (Lipinski definition) is 3. The third kappa shape index (κ3) is 4.57. The molecule has 0 heterocycles. The highest BCUT2D eigenvalue weighted by Gasteiger charge is 2.21. The second-order valence-electron chi connectivity index (χ2n) is 5.03. The van der Waals surface area contributed by atoms with Crippen molar-refractivity contribution in [3.8, 4) is 0 Å². The highest BCUT2D eigenvalue weighted by atomic mass is 16.6. The van der Waals surface area contributed by atoms with Crippen molar-refractivity contribution in [2.45, 2.75) is 33.3 Å². The van der Waals surface area contributed by atoms with Gasteiger partial charge >= 0.3 is 5.97 Å². The quantitative estimate of drug-likeness (QED) is 0.773. The normalized spacial score (nSPS) is 10.9. The van der Waals surface area contributed by atoms with Gasteiger partial charge in [-0.25, -0.2) is 0 Å². The van der Waals surface area contributed by atoms with Gasteiger partial charge in [-0.3, -0.25) is 9.59 Å². The van der Waals surface area contributed by atoms with E-state index in [1.807, 2.05) is 18.2 Å². The molecule has 98 valence electrons. The van der Waals surface area contributed by atoms with Crippen molar-refractivity contribution in [3.63, 3.8) is 0 Å². The van der Waals surface area contributed by atoms with E-state index < -0.39 is 11.6 Å². The largest absolute Gasteiger partial charge is 0.459 e. The van der Waals surface area contributed by atoms with Crippen molar-refractivity contribution < 1.29 is 14.3 Å². The Bertz CT molecular complexity index is 420. The molecule has 0 bridgehead atoms. The van der Waals surface area contributed by atoms with Crippen molar-refractivity contribution in [3.05, 3.63) is 30.3 Å². The van der Waals surface area contributed by atoms with Crippen LogP contribution >= 0.6 is 0 Å². The molecule has 0 aromatic heterocycles. The van der Waals surface area contributed by atoms with Crippen LogP contribution in [0.5, 0.6) is 0 Å². The first-order valence-electron chi connectivity index (χ1n) is 5.84. The number of carbonyl (C=O) groups is 2. The summed E-state index contributed by atoms with van der Waals surface area (Å²) in [7, 11) is 0. The summed E-state index contributed by atoms with van der Waals surface area (Å²) in [6.07, 6.45) is 0. The van der Waals surface area contributed by atoms with Crippen molar-refractivity contribution in [1.82, 2.24) is 0 Å². The van der Waals surface area contributed by atoms with E-state index >= 15 is 0 Å². The Morgan fingerprint density at radius 2 is 1.72 bits per heavy atom. The van der Waals surface area contributed by atoms with Gasteiger partial charge in [-0.1, -0.05) is 18.2 Å². The maximum Gasteiger partial charge on any atom is 0.326 e. The Morgan fingerprint density at radius 1 is 1.17 bits per heavy atom. The Kier molecular flexibility index (Phi) is 4.48. The Labute approximate surface area is 108 Å². The zero-order valence-corrected chi connectivity index (χ0v) is 11.3. The smallest absolute Gasteiger partial charge is 0.326 e. The molecule has 1 rings (SSSR count). The molecule has 1 amide bonds. The zero-order valence-electron chi connectivity index (χ0n) is 11.3. The lowest BCUT2D eigenvalue weighted by molar-refractivity contribution is -0.153. The minimum absolute atomic E-state index is 0.0728. The second kappa shape index (κ2) is 5.67. The Balaban J connectivity index is 2.77. The van der Waals surface area contributed by atoms with Gasteiger partial charge in [0.2, 0.25) is 5.91 Å². The first-order valence-corrected chi connectivity index (χ1v) is 5.84. The molecular weight excluding hydrogens is 230 g/mol. The first kappa shape index (κ1) is 14.2. The fourth-order valence-corrected chi connectivity index (χ4v) is 1.50. The number of hydrogen-bond donors (Lipinski definition) is 0. The molecule has 1 aromatic carbocycles. The summed E-state index contributed by atoms with van der Waals surface area (Å²) in [5.74, 6) is -0.603. The van der Waals surface area contributed by atoms with E-state index in [2.05, 4.69) is 0 Å². The third-order valence-corrected chi connectivity index (χ3v) is 2.16. The molecule has 0 aliphatic rings. The molecule has 0 saturated heterocycles. The number of amides is 1. The zero-order chi connectivity index (χ0) is 13.8. The second-order valence-corrected chi connectivity index (χ2v) is 5.03. The first-order chi connectivity index (χ1) is 8.29. The molecule has 0 spiro atoms. The maximum absolute atomic E-state index is 11.7. The van der Waals surface area contributed by atoms with Gasteiger partial charge in [0.1, 0.15) is 12.1 Å². The van der Waals surface area contributed by atoms with Crippen LogP contribution in [0.1, 0.15) is 27.7 Å². The summed E-state index contributed by atoms with van der Waals surface area (Å²) in [4.78, 5) is 24.7. The van der Waals surface area contributed by atoms with Crippen LogP contribution in [0.25, 0.3) is 0 Å². The van der Waals surface area contributed by atoms with Crippen LogP contribution < -0.4 is 4.90 Å². The molecule has 0 saturated carbocycles. The third-order valence-electron chi connectivity index (χ3n) is 2.16. The number of ether oxygens (including phenoxy) is 1. The Hall–Kier alpha value is -1.84. The monoisotopic (exact) mass is 249 g/mol. The van der Waals surface area contributed by atoms with Crippen molar-refractivity contribution in [2.75, 3.05) is 11.4 Å². The summed E-state index contributed by atoms with van der Waals surface area (Å²) in [5.41, 5.74) is 0.145. The number of rotatable bonds is 3. The minimum Gasteiger partial charge on any atom is -0.459 e. The van der Waals surface area contributed by atoms with Crippen LogP contribution in [0.3, 0.4) is 0 Å². The number of para-hydroxylation sites is 1. The van der Waals surface area contributed by atoms with E-state index in [9.17, 15) is 9.59 Å². The predicted octanol–water partition coefficient (Wildman–Crippen LogP) is 2.38. The SMILES string of the molecule is CC(=O)N(CC(=O)OC(C)(C)C)c1ccccc1. The van der Waals surface area contributed by atoms with Crippen LogP contribution in [0, 0.1) is 0 Å². The molecular formula is C14H19NO3. The number of carbonyl (C=O) groups excluding carboxylic acids is 2. The fourth-order valence-electron chi connectivity index (χ4n) is 1.50. The van der Waals surface area contributed by atoms with Crippen LogP contribution in [-0.2, 0) is 14.3 Å². The number of benzene rings is 1. The van der Waals surface area contributed by atoms with Gasteiger partial charge in [-0.2, -0.15) is 0 Å². The van der Waals surface area contributed by atoms with Gasteiger partial charge < -0.3 is 9.64 Å². The highest BCUT2D eigenvalue weighted by molar-refractivity contribution is 5.96. The average Bonchev–Trinajstić information content (AvgIpc) is 2.24. The molecule has 18 heavy (non-hydrogen) atoms. The standard InChI is InChI=1S/C14H19NO3/c1-11(16)15(12-8-6-5-7-9-12)10-13(17)18-14(2,3)4/h5-9H,10H2,1-4H3. The van der Waals surface area contributed by atoms with E-state index in [4.69, 9.17) is 4.74 Å². The van der Waals surface area contributed by atoms with Gasteiger partial charge in [0, 0.05) is 12.6 Å². The van der Waals surface area contributed by atoms with Gasteiger partial charge in [-0.15, -0.1) is 0 Å². The van der Waals surface area contributed by atoms with Crippen molar-refractivity contribution in [2.24, 2.45) is 0 Å². The lowest BCUT2D eigenvalue weighted by atomic mass is 10.2. The molecule has 0 atom stereocenters. The van der Waals surface area contributed by atoms with Crippen LogP contribution in [-0.4, -0.2) is 24.0 Å². The number of anilines is 1. The maximum atomic E-state index is 11.7. The molecule has 0 fully saturated rings. The van der Waals surface area contributed by atoms with Gasteiger partial charge in [0.25, 0.3) is 0 Å². The fraction of sp³-hybridized carbons (Fsp3) is 0.429. The molecule has 0 N–H and O–H groups in total. The highest BCUT2D eigenvalue weighted by Crippen LogP contribution is 2.14. The molecule has 4 nitrogen and oxygen atoms in total. The topological polar surface area (TPSA) is 46.6 Å². The predicted molar refractivity (Wildman–Crippen MR) is 70.3 cm³/mol. The molecule has 4 heteroatoms. The van der Waals surface area contributed by atoms with E-state index in [-0.39, 0.29) is 12.5 Å². The van der Waals surface area contributed by atoms with E-state index in [0.717, 1.165) is 0 Å². The summed E-state index contributed by atoms with van der Waals surface area (Å²) >= 11 is 0. The van der Waals surface area contributed by atoms with Crippen LogP contribution in [0.4, 0.5) is 5.69 Å². The lowest BCUT2D eigenvalue weighted by Gasteiger charge is -2.24. The van der Waals surface area contributed by atoms with Crippen LogP contribution in [0.2, 0.25) is 0 Å². The lowest BCUT2D eigenvalue weighted by Crippen LogP contribution is -2.37. The number of nitrogens with zero attached hydrogens (tertiary/aromatic N) is 1. The van der Waals surface area contributed by atoms with Gasteiger partial charge in [0.05, 0.1) is 0 Å². The summed E-state index contributed by atoms with van der Waals surface area (Å²) in [6, 6.07) is 9.06. The minimum atomic E-state index is -0.545. The molecule has 0 aliphatic heterocycles. The van der Waals surface area contributed by atoms with E-state index in [0.29, 0.717) is 5.69 Å². The molecule has 1 aromatic rings. The van der Waals surface area contributed by atoms with Gasteiger partial charge in [0.15, 0.2) is 0 Å². The van der Waals surface area contributed by atoms with Crippen LogP contribution in [0.15, 0.2) is 30.3 Å². The molecule has 0 unspecified atom stereocenters. The van der Waals surface area contributed by atoms with E-state index in [1.54, 1.807) is 32.9 Å². The summed E-state index contributed by atoms with van der Waals surface area (Å²) in [5, 5.41) is 0. The van der Waals surface area contributed by atoms with E-state index in [1.165, 1.54) is 11.8 Å². The van der Waals surface area contributed by atoms with Gasteiger partial charge in [-0.05, 0) is 32.9 Å². The average molecular weight is 249 g/mol. The molecule has 0 radical (unpaired) electrons. The van der Waals surface area contributed by atoms with Crippen molar-refractivity contribution >= 4 is 17.6 Å². The van der Waals surface area contributed by atoms with Crippen molar-refractivity contribution in [1.29, 1.82) is 0 Å².